The summed E-state index contributed by atoms with van der Waals surface area (Å²) in [5, 5.41) is 7.45. The Morgan fingerprint density at radius 2 is 1.66 bits per heavy atom. The molecule has 0 spiro atoms. The van der Waals surface area contributed by atoms with Crippen LogP contribution in [0, 0.1) is 36.5 Å². The van der Waals surface area contributed by atoms with Gasteiger partial charge in [-0.2, -0.15) is 31.4 Å². The molecule has 2 atom stereocenters. The molecule has 2 unspecified atom stereocenters. The van der Waals surface area contributed by atoms with Gasteiger partial charge in [0.25, 0.3) is 0 Å². The van der Waals surface area contributed by atoms with Gasteiger partial charge in [0.15, 0.2) is 5.82 Å². The first-order valence-corrected chi connectivity index (χ1v) is 19.7. The van der Waals surface area contributed by atoms with Crippen molar-refractivity contribution in [2.75, 3.05) is 17.2 Å². The molecule has 59 heavy (non-hydrogen) atoms. The molecule has 8 nitrogen and oxygen atoms in total. The third kappa shape index (κ3) is 11.8. The molecule has 310 valence electrons. The van der Waals surface area contributed by atoms with Gasteiger partial charge in [-0.25, -0.2) is 27.6 Å². The monoisotopic (exact) mass is 900 g/mol. The molecule has 0 aliphatic carbocycles. The molecule has 2 aromatic carbocycles. The van der Waals surface area contributed by atoms with Crippen molar-refractivity contribution < 1.29 is 77.7 Å². The van der Waals surface area contributed by atoms with Crippen LogP contribution in [0.4, 0.5) is 49.7 Å². The Morgan fingerprint density at radius 3 is 2.24 bits per heavy atom. The number of benzene rings is 2. The van der Waals surface area contributed by atoms with E-state index in [1.807, 2.05) is 0 Å². The summed E-state index contributed by atoms with van der Waals surface area (Å²) in [6.45, 7) is 3.41. The van der Waals surface area contributed by atoms with Crippen LogP contribution in [-0.4, -0.2) is 58.4 Å². The normalized spacial score (nSPS) is 13.6. The second kappa shape index (κ2) is 18.6. The molecular weight excluding hydrogens is 871 g/mol. The Labute approximate surface area is 365 Å². The minimum atomic E-state index is -5.15. The summed E-state index contributed by atoms with van der Waals surface area (Å²) in [6, 6.07) is 8.30. The predicted octanol–water partition coefficient (Wildman–Crippen LogP) is 6.79. The van der Waals surface area contributed by atoms with Crippen LogP contribution in [0.3, 0.4) is 0 Å². The first kappa shape index (κ1) is 48.1. The van der Waals surface area contributed by atoms with E-state index in [2.05, 4.69) is 43.7 Å². The zero-order valence-electron chi connectivity index (χ0n) is 31.6. The van der Waals surface area contributed by atoms with Gasteiger partial charge in [-0.3, -0.25) is 25.5 Å². The number of pyridine rings is 1. The third-order valence-electron chi connectivity index (χ3n) is 8.33. The molecule has 1 N–H and O–H groups in total. The van der Waals surface area contributed by atoms with Crippen LogP contribution < -0.4 is 34.3 Å². The number of halogens is 11. The smallest absolute Gasteiger partial charge is 0.413 e. The number of aromatic nitrogens is 5. The summed E-state index contributed by atoms with van der Waals surface area (Å²) < 4.78 is 155. The van der Waals surface area contributed by atoms with Crippen LogP contribution in [0.5, 0.6) is 0 Å². The fourth-order valence-electron chi connectivity index (χ4n) is 5.60. The van der Waals surface area contributed by atoms with Crippen molar-refractivity contribution in [3.05, 3.63) is 100 Å². The minimum absolute atomic E-state index is 0. The molecule has 3 heterocycles. The molecular formula is C37H30ClF10N7NaOS2-. The van der Waals surface area contributed by atoms with Gasteiger partial charge in [-0.15, -0.1) is 5.69 Å². The van der Waals surface area contributed by atoms with Gasteiger partial charge in [0.1, 0.15) is 34.5 Å². The number of nitrogens with one attached hydrogen (secondary N) is 1. The van der Waals surface area contributed by atoms with Crippen molar-refractivity contribution in [2.24, 2.45) is 4.99 Å². The van der Waals surface area contributed by atoms with Crippen LogP contribution >= 0.6 is 23.5 Å². The second-order valence-electron chi connectivity index (χ2n) is 13.1. The van der Waals surface area contributed by atoms with Crippen LogP contribution in [0.2, 0.25) is 5.02 Å². The van der Waals surface area contributed by atoms with Gasteiger partial charge < -0.3 is 10.8 Å². The standard InChI is InChI=1S/C37H30ClF10N7OS2.Na/c1-34(2,58(5)56)11-10-23-6-7-24(25-8-9-26(38)30-32(25)55(19-36(43,44)45)52-33(30)53-57-4)31(50-23)27(16-20-14-21(39)17-22(40)15-20)49-12-13-54-29(35(3,41)42)18-28(51-54)37(46,47)48;/h6-9,12,14-15,17,27H,3,13,16,19H2,1-2,4-5H3,(H,52,53);/q-2;+1. The average Bonchev–Trinajstić information content (AvgIpc) is 3.69. The Hall–Kier alpha value is -3.61. The molecule has 0 fully saturated rings. The summed E-state index contributed by atoms with van der Waals surface area (Å²) in [7, 11) is -1.45. The molecule has 0 saturated heterocycles. The van der Waals surface area contributed by atoms with E-state index in [-0.39, 0.29) is 84.1 Å². The maximum absolute atomic E-state index is 14.5. The summed E-state index contributed by atoms with van der Waals surface area (Å²) >= 11 is 7.57. The molecule has 5 rings (SSSR count). The van der Waals surface area contributed by atoms with Crippen LogP contribution in [-0.2, 0) is 42.4 Å². The topological polar surface area (TPSA) is 90.0 Å². The Balaban J connectivity index is 0.00000769. The van der Waals surface area contributed by atoms with E-state index in [1.165, 1.54) is 36.6 Å². The van der Waals surface area contributed by atoms with Crippen molar-refractivity contribution in [3.63, 3.8) is 0 Å². The number of aliphatic imine (C=N–C) groups is 1. The minimum Gasteiger partial charge on any atom is -0.413 e. The van der Waals surface area contributed by atoms with Gasteiger partial charge in [-0.05, 0) is 61.4 Å². The van der Waals surface area contributed by atoms with Crippen molar-refractivity contribution in [1.82, 2.24) is 24.5 Å². The number of rotatable bonds is 12. The predicted molar refractivity (Wildman–Crippen MR) is 203 cm³/mol. The molecule has 0 aliphatic rings. The number of alkyl halides is 8. The fourth-order valence-corrected chi connectivity index (χ4v) is 6.37. The molecule has 0 radical (unpaired) electrons. The maximum atomic E-state index is 14.5. The largest absolute Gasteiger partial charge is 1.00 e. The Morgan fingerprint density at radius 1 is 1.02 bits per heavy atom. The first-order chi connectivity index (χ1) is 26.9. The van der Waals surface area contributed by atoms with Crippen LogP contribution in [0.1, 0.15) is 48.2 Å². The van der Waals surface area contributed by atoms with Crippen molar-refractivity contribution in [1.29, 1.82) is 0 Å². The molecule has 0 bridgehead atoms. The van der Waals surface area contributed by atoms with Crippen LogP contribution in [0.25, 0.3) is 22.0 Å². The fraction of sp³-hybridized carbons (Fsp3) is 0.324. The summed E-state index contributed by atoms with van der Waals surface area (Å²) in [5.74, 6) is -0.400. The number of hydrogen-bond acceptors (Lipinski definition) is 7. The van der Waals surface area contributed by atoms with Gasteiger partial charge in [0.05, 0.1) is 34.2 Å². The summed E-state index contributed by atoms with van der Waals surface area (Å²) in [4.78, 5) is 9.08. The molecule has 0 aliphatic heterocycles. The van der Waals surface area contributed by atoms with Gasteiger partial charge >= 0.3 is 41.9 Å². The Bertz CT molecular complexity index is 2430. The first-order valence-electron chi connectivity index (χ1n) is 16.6. The van der Waals surface area contributed by atoms with Crippen molar-refractivity contribution in [3.8, 4) is 23.0 Å². The van der Waals surface area contributed by atoms with E-state index in [4.69, 9.17) is 11.6 Å². The van der Waals surface area contributed by atoms with E-state index in [9.17, 15) is 48.1 Å². The zero-order chi connectivity index (χ0) is 43.0. The average molecular weight is 901 g/mol. The van der Waals surface area contributed by atoms with Gasteiger partial charge in [-0.1, -0.05) is 35.5 Å². The number of hydrogen-bond donors (Lipinski definition) is 1. The zero-order valence-corrected chi connectivity index (χ0v) is 36.0. The summed E-state index contributed by atoms with van der Waals surface area (Å²) in [6.07, 6.45) is -6.37. The maximum Gasteiger partial charge on any atom is 1.00 e. The van der Waals surface area contributed by atoms with E-state index in [0.29, 0.717) is 10.7 Å². The third-order valence-corrected chi connectivity index (χ3v) is 10.6. The van der Waals surface area contributed by atoms with E-state index < -0.39 is 82.4 Å². The number of fused-ring (bicyclic) bond motifs is 1. The van der Waals surface area contributed by atoms with Gasteiger partial charge in [0.2, 0.25) is 0 Å². The van der Waals surface area contributed by atoms with E-state index in [0.717, 1.165) is 30.3 Å². The number of anilines is 1. The molecule has 22 heteroatoms. The van der Waals surface area contributed by atoms with Gasteiger partial charge in [0, 0.05) is 53.1 Å². The van der Waals surface area contributed by atoms with Crippen molar-refractivity contribution in [2.45, 2.75) is 62.4 Å². The Kier molecular flexibility index (Phi) is 15.1. The molecule has 0 saturated carbocycles. The molecule has 5 aromatic rings. The second-order valence-corrected chi connectivity index (χ2v) is 16.1. The van der Waals surface area contributed by atoms with E-state index >= 15 is 0 Å². The van der Waals surface area contributed by atoms with Crippen molar-refractivity contribution >= 4 is 57.3 Å². The quantitative estimate of drug-likeness (QED) is 0.0371. The van der Waals surface area contributed by atoms with E-state index in [1.54, 1.807) is 20.1 Å². The number of nitrogens with zero attached hydrogens (tertiary/aromatic N) is 6. The molecule has 3 aromatic heterocycles. The molecule has 0 amide bonds. The van der Waals surface area contributed by atoms with Crippen LogP contribution in [0.15, 0.2) is 47.5 Å². The summed E-state index contributed by atoms with van der Waals surface area (Å²) in [5.41, 5.74) is -3.11. The SMILES string of the molecule is [CH2-]C(F)(F)c1[c-]c(C(F)(F)F)nn1CC=NC(Cc1cc(F)cc(F)c1)c1nc(C#CC(C)(C)S(C)=O)ccc1-c1ccc(Cl)c2c(NSC)nn(CC(F)(F)F)c12.[Na+].